The van der Waals surface area contributed by atoms with Crippen LogP contribution in [0.1, 0.15) is 5.56 Å². The molecule has 0 atom stereocenters. The minimum absolute atomic E-state index is 0.125. The maximum absolute atomic E-state index is 6.04. The molecule has 0 saturated heterocycles. The van der Waals surface area contributed by atoms with E-state index in [0.717, 1.165) is 11.3 Å². The van der Waals surface area contributed by atoms with Crippen LogP contribution in [0.2, 0.25) is 10.3 Å². The Morgan fingerprint density at radius 2 is 1.87 bits per heavy atom. The summed E-state index contributed by atoms with van der Waals surface area (Å²) in [6.07, 6.45) is 0. The molecule has 116 valence electrons. The lowest BCUT2D eigenvalue weighted by Crippen LogP contribution is -1.99. The number of aromatic nitrogens is 2. The van der Waals surface area contributed by atoms with Crippen molar-refractivity contribution in [2.45, 2.75) is 6.61 Å². The summed E-state index contributed by atoms with van der Waals surface area (Å²) in [7, 11) is 0. The Morgan fingerprint density at radius 1 is 1.00 bits per heavy atom. The summed E-state index contributed by atoms with van der Waals surface area (Å²) in [5.74, 6) is 1.83. The van der Waals surface area contributed by atoms with Gasteiger partial charge in [-0.1, -0.05) is 17.7 Å². The summed E-state index contributed by atoms with van der Waals surface area (Å²) >= 11 is 12.0. The zero-order valence-corrected chi connectivity index (χ0v) is 13.3. The SMILES string of the molecule is Clc1ccc2nc(Cl)nc(OCc3ccc4c(c3)OCO4)c2c1. The molecule has 0 amide bonds. The predicted octanol–water partition coefficient (Wildman–Crippen LogP) is 4.24. The van der Waals surface area contributed by atoms with Crippen molar-refractivity contribution in [3.8, 4) is 17.4 Å². The van der Waals surface area contributed by atoms with Gasteiger partial charge in [-0.15, -0.1) is 0 Å². The number of rotatable bonds is 3. The lowest BCUT2D eigenvalue weighted by atomic mass is 10.2. The molecule has 3 aromatic rings. The Morgan fingerprint density at radius 3 is 2.78 bits per heavy atom. The highest BCUT2D eigenvalue weighted by Gasteiger charge is 2.14. The average Bonchev–Trinajstić information content (AvgIpc) is 3.00. The average molecular weight is 349 g/mol. The normalized spacial score (nSPS) is 12.6. The monoisotopic (exact) mass is 348 g/mol. The molecule has 0 bridgehead atoms. The molecule has 0 fully saturated rings. The van der Waals surface area contributed by atoms with E-state index >= 15 is 0 Å². The number of nitrogens with zero attached hydrogens (tertiary/aromatic N) is 2. The Hall–Kier alpha value is -2.24. The first-order valence-electron chi connectivity index (χ1n) is 6.83. The first-order valence-corrected chi connectivity index (χ1v) is 7.59. The fourth-order valence-corrected chi connectivity index (χ4v) is 2.68. The molecule has 1 aliphatic rings. The zero-order valence-electron chi connectivity index (χ0n) is 11.8. The van der Waals surface area contributed by atoms with E-state index in [0.29, 0.717) is 34.2 Å². The Balaban J connectivity index is 1.63. The molecule has 0 unspecified atom stereocenters. The minimum Gasteiger partial charge on any atom is -0.472 e. The van der Waals surface area contributed by atoms with Gasteiger partial charge in [0.1, 0.15) is 6.61 Å². The highest BCUT2D eigenvalue weighted by atomic mass is 35.5. The second-order valence-corrected chi connectivity index (χ2v) is 5.71. The van der Waals surface area contributed by atoms with Crippen LogP contribution in [0.3, 0.4) is 0 Å². The van der Waals surface area contributed by atoms with Crippen molar-refractivity contribution < 1.29 is 14.2 Å². The first-order chi connectivity index (χ1) is 11.2. The van der Waals surface area contributed by atoms with Gasteiger partial charge in [0.25, 0.3) is 0 Å². The van der Waals surface area contributed by atoms with Gasteiger partial charge in [0, 0.05) is 5.02 Å². The van der Waals surface area contributed by atoms with Gasteiger partial charge in [-0.2, -0.15) is 4.98 Å². The second-order valence-electron chi connectivity index (χ2n) is 4.94. The summed E-state index contributed by atoms with van der Waals surface area (Å²) < 4.78 is 16.5. The molecule has 1 aliphatic heterocycles. The van der Waals surface area contributed by atoms with Crippen molar-refractivity contribution in [2.75, 3.05) is 6.79 Å². The van der Waals surface area contributed by atoms with E-state index in [1.165, 1.54) is 0 Å². The van der Waals surface area contributed by atoms with E-state index in [1.807, 2.05) is 18.2 Å². The smallest absolute Gasteiger partial charge is 0.231 e. The molecule has 1 aromatic heterocycles. The molecule has 2 aromatic carbocycles. The van der Waals surface area contributed by atoms with Gasteiger partial charge >= 0.3 is 0 Å². The van der Waals surface area contributed by atoms with Gasteiger partial charge in [0.15, 0.2) is 11.5 Å². The minimum atomic E-state index is 0.125. The lowest BCUT2D eigenvalue weighted by molar-refractivity contribution is 0.174. The van der Waals surface area contributed by atoms with E-state index in [-0.39, 0.29) is 12.1 Å². The molecule has 0 spiro atoms. The van der Waals surface area contributed by atoms with E-state index in [2.05, 4.69) is 9.97 Å². The molecule has 0 aliphatic carbocycles. The number of hydrogen-bond donors (Lipinski definition) is 0. The Bertz CT molecular complexity index is 902. The van der Waals surface area contributed by atoms with Crippen LogP contribution < -0.4 is 14.2 Å². The maximum Gasteiger partial charge on any atom is 0.231 e. The summed E-state index contributed by atoms with van der Waals surface area (Å²) in [4.78, 5) is 8.31. The quantitative estimate of drug-likeness (QED) is 0.662. The van der Waals surface area contributed by atoms with Gasteiger partial charge in [0.2, 0.25) is 18.0 Å². The van der Waals surface area contributed by atoms with Crippen LogP contribution in [0.4, 0.5) is 0 Å². The first kappa shape index (κ1) is 14.4. The Labute approximate surface area is 141 Å². The number of halogens is 2. The van der Waals surface area contributed by atoms with Gasteiger partial charge in [-0.25, -0.2) is 4.98 Å². The van der Waals surface area contributed by atoms with Crippen LogP contribution in [0.25, 0.3) is 10.9 Å². The van der Waals surface area contributed by atoms with Gasteiger partial charge in [0.05, 0.1) is 10.9 Å². The zero-order chi connectivity index (χ0) is 15.8. The molecule has 0 radical (unpaired) electrons. The van der Waals surface area contributed by atoms with Crippen LogP contribution >= 0.6 is 23.2 Å². The predicted molar refractivity (Wildman–Crippen MR) is 86.5 cm³/mol. The van der Waals surface area contributed by atoms with Crippen molar-refractivity contribution in [3.05, 3.63) is 52.3 Å². The molecule has 4 rings (SSSR count). The van der Waals surface area contributed by atoms with Crippen molar-refractivity contribution >= 4 is 34.1 Å². The molecule has 5 nitrogen and oxygen atoms in total. The molecule has 7 heteroatoms. The second kappa shape index (κ2) is 5.76. The molecular formula is C16H10Cl2N2O3. The summed E-state index contributed by atoms with van der Waals surface area (Å²) in [6, 6.07) is 10.9. The maximum atomic E-state index is 6.04. The van der Waals surface area contributed by atoms with Crippen LogP contribution in [-0.4, -0.2) is 16.8 Å². The van der Waals surface area contributed by atoms with Gasteiger partial charge < -0.3 is 14.2 Å². The third kappa shape index (κ3) is 2.85. The van der Waals surface area contributed by atoms with Crippen LogP contribution in [0, 0.1) is 0 Å². The molecular weight excluding hydrogens is 339 g/mol. The summed E-state index contributed by atoms with van der Waals surface area (Å²) in [5, 5.41) is 1.42. The van der Waals surface area contributed by atoms with Crippen molar-refractivity contribution in [3.63, 3.8) is 0 Å². The van der Waals surface area contributed by atoms with Crippen LogP contribution in [-0.2, 0) is 6.61 Å². The molecule has 2 heterocycles. The summed E-state index contributed by atoms with van der Waals surface area (Å²) in [6.45, 7) is 0.551. The van der Waals surface area contributed by atoms with E-state index in [4.69, 9.17) is 37.4 Å². The van der Waals surface area contributed by atoms with Gasteiger partial charge in [-0.05, 0) is 47.5 Å². The fraction of sp³-hybridized carbons (Fsp3) is 0.125. The largest absolute Gasteiger partial charge is 0.472 e. The molecule has 0 N–H and O–H groups in total. The number of fused-ring (bicyclic) bond motifs is 2. The van der Waals surface area contributed by atoms with Crippen molar-refractivity contribution in [2.24, 2.45) is 0 Å². The lowest BCUT2D eigenvalue weighted by Gasteiger charge is -2.09. The third-order valence-electron chi connectivity index (χ3n) is 3.41. The van der Waals surface area contributed by atoms with E-state index in [9.17, 15) is 0 Å². The fourth-order valence-electron chi connectivity index (χ4n) is 2.34. The molecule has 0 saturated carbocycles. The van der Waals surface area contributed by atoms with E-state index in [1.54, 1.807) is 18.2 Å². The standard InChI is InChI=1S/C16H10Cl2N2O3/c17-10-2-3-12-11(6-10)15(20-16(18)19-12)21-7-9-1-4-13-14(5-9)23-8-22-13/h1-6H,7-8H2. The topological polar surface area (TPSA) is 53.5 Å². The number of ether oxygens (including phenoxy) is 3. The number of benzene rings is 2. The van der Waals surface area contributed by atoms with Crippen LogP contribution in [0.5, 0.6) is 17.4 Å². The van der Waals surface area contributed by atoms with Crippen LogP contribution in [0.15, 0.2) is 36.4 Å². The molecule has 23 heavy (non-hydrogen) atoms. The van der Waals surface area contributed by atoms with Crippen molar-refractivity contribution in [1.82, 2.24) is 9.97 Å². The van der Waals surface area contributed by atoms with Gasteiger partial charge in [-0.3, -0.25) is 0 Å². The third-order valence-corrected chi connectivity index (χ3v) is 3.81. The number of hydrogen-bond acceptors (Lipinski definition) is 5. The highest BCUT2D eigenvalue weighted by molar-refractivity contribution is 6.31. The highest BCUT2D eigenvalue weighted by Crippen LogP contribution is 2.33. The summed E-state index contributed by atoms with van der Waals surface area (Å²) in [5.41, 5.74) is 1.61. The Kier molecular flexibility index (Phi) is 3.59. The van der Waals surface area contributed by atoms with E-state index < -0.39 is 0 Å². The van der Waals surface area contributed by atoms with Crippen molar-refractivity contribution in [1.29, 1.82) is 0 Å².